The van der Waals surface area contributed by atoms with Crippen molar-refractivity contribution >= 4 is 107 Å². The summed E-state index contributed by atoms with van der Waals surface area (Å²) in [5.41, 5.74) is 13.6. The minimum Gasteiger partial charge on any atom is -0.456 e. The molecule has 0 aliphatic carbocycles. The Labute approximate surface area is 261 Å². The molecule has 0 radical (unpaired) electrons. The molecule has 11 rings (SSSR count). The molecule has 206 valence electrons. The Kier molecular flexibility index (Phi) is 4.42. The van der Waals surface area contributed by atoms with Crippen molar-refractivity contribution in [2.24, 2.45) is 0 Å². The normalized spacial score (nSPS) is 13.4. The van der Waals surface area contributed by atoms with Crippen molar-refractivity contribution in [2.45, 2.75) is 9.79 Å². The topological polar surface area (TPSA) is 23.0 Å². The van der Waals surface area contributed by atoms with Gasteiger partial charge in [0.1, 0.15) is 11.2 Å². The van der Waals surface area contributed by atoms with Gasteiger partial charge in [-0.2, -0.15) is 0 Å². The minimum atomic E-state index is 0.0294. The molecule has 0 unspecified atom stereocenters. The Bertz CT molecular complexity index is 2770. The molecule has 0 N–H and O–H groups in total. The number of aromatic nitrogens is 2. The lowest BCUT2D eigenvalue weighted by Crippen LogP contribution is -2.55. The molecule has 0 fully saturated rings. The molecule has 3 aromatic heterocycles. The van der Waals surface area contributed by atoms with E-state index >= 15 is 0 Å². The molecular weight excluding hydrogens is 575 g/mol. The van der Waals surface area contributed by atoms with Crippen molar-refractivity contribution in [3.05, 3.63) is 103 Å². The average molecular weight is 599 g/mol. The third-order valence-electron chi connectivity index (χ3n) is 10.1. The summed E-state index contributed by atoms with van der Waals surface area (Å²) in [5.74, 6) is 0. The minimum absolute atomic E-state index is 0.0294. The highest BCUT2D eigenvalue weighted by molar-refractivity contribution is 7.98. The van der Waals surface area contributed by atoms with Gasteiger partial charge < -0.3 is 13.5 Å². The van der Waals surface area contributed by atoms with E-state index in [1.807, 2.05) is 11.8 Å². The lowest BCUT2D eigenvalue weighted by atomic mass is 9.45. The van der Waals surface area contributed by atoms with Gasteiger partial charge in [-0.05, 0) is 71.5 Å². The number of hydrogen-bond acceptors (Lipinski definition) is 3. The fourth-order valence-corrected chi connectivity index (χ4v) is 9.33. The standard InChI is InChI=1S/C38H23BN2OS2/c1-43-20-14-15-29-26(16-20)27-17-21(44-2)18-28-38(27)40(29)31-19-33-34(24-9-4-6-13-32(24)42-33)35-25-11-7-10-23-22-8-3-5-12-30(22)41(37(23)25)39(28)36(31)35/h3-19H,1-2H3. The molecule has 5 heterocycles. The van der Waals surface area contributed by atoms with Gasteiger partial charge in [0.05, 0.1) is 11.0 Å². The number of fused-ring (bicyclic) bond motifs is 14. The number of para-hydroxylation sites is 3. The number of thioether (sulfide) groups is 2. The van der Waals surface area contributed by atoms with E-state index in [0.717, 1.165) is 11.2 Å². The predicted molar refractivity (Wildman–Crippen MR) is 190 cm³/mol. The fourth-order valence-electron chi connectivity index (χ4n) is 8.41. The van der Waals surface area contributed by atoms with Crippen LogP contribution in [0.4, 0.5) is 0 Å². The first-order chi connectivity index (χ1) is 21.7. The lowest BCUT2D eigenvalue weighted by Gasteiger charge is -2.34. The molecule has 2 aliphatic heterocycles. The van der Waals surface area contributed by atoms with Crippen LogP contribution in [0.15, 0.2) is 117 Å². The SMILES string of the molecule is CSc1ccc2c(c1)c1cc(SC)cc3c1n2-c1cc2oc4ccccc4c2c2c1B3n1c3ccccc3c3cccc-2c31. The molecule has 3 nitrogen and oxygen atoms in total. The van der Waals surface area contributed by atoms with E-state index in [1.165, 1.54) is 91.9 Å². The first-order valence-corrected chi connectivity index (χ1v) is 17.4. The van der Waals surface area contributed by atoms with Crippen LogP contribution in [-0.4, -0.2) is 28.4 Å². The molecule has 9 aromatic rings. The van der Waals surface area contributed by atoms with Crippen LogP contribution in [0.3, 0.4) is 0 Å². The zero-order valence-electron chi connectivity index (χ0n) is 24.0. The van der Waals surface area contributed by atoms with E-state index in [4.69, 9.17) is 4.42 Å². The van der Waals surface area contributed by atoms with E-state index in [0.29, 0.717) is 0 Å². The molecule has 0 amide bonds. The first-order valence-electron chi connectivity index (χ1n) is 15.0. The van der Waals surface area contributed by atoms with Crippen LogP contribution in [0.1, 0.15) is 0 Å². The van der Waals surface area contributed by atoms with Crippen LogP contribution in [0, 0.1) is 0 Å². The van der Waals surface area contributed by atoms with Crippen LogP contribution < -0.4 is 10.9 Å². The van der Waals surface area contributed by atoms with Crippen LogP contribution in [0.2, 0.25) is 0 Å². The second-order valence-corrected chi connectivity index (χ2v) is 13.7. The molecule has 0 atom stereocenters. The van der Waals surface area contributed by atoms with Gasteiger partial charge in [-0.25, -0.2) is 0 Å². The predicted octanol–water partition coefficient (Wildman–Crippen LogP) is 9.18. The summed E-state index contributed by atoms with van der Waals surface area (Å²) in [6, 6.07) is 38.5. The van der Waals surface area contributed by atoms with Gasteiger partial charge in [0.25, 0.3) is 0 Å². The van der Waals surface area contributed by atoms with E-state index < -0.39 is 0 Å². The van der Waals surface area contributed by atoms with Crippen LogP contribution in [-0.2, 0) is 0 Å². The average Bonchev–Trinajstić information content (AvgIpc) is 3.72. The number of nitrogens with zero attached hydrogens (tertiary/aromatic N) is 2. The zero-order valence-corrected chi connectivity index (χ0v) is 25.6. The van der Waals surface area contributed by atoms with Crippen molar-refractivity contribution in [2.75, 3.05) is 12.5 Å². The molecule has 6 heteroatoms. The molecule has 0 saturated carbocycles. The second kappa shape index (κ2) is 8.14. The van der Waals surface area contributed by atoms with Gasteiger partial charge in [0.2, 0.25) is 0 Å². The maximum atomic E-state index is 6.68. The largest absolute Gasteiger partial charge is 0.456 e. The van der Waals surface area contributed by atoms with E-state index in [1.54, 1.807) is 11.8 Å². The van der Waals surface area contributed by atoms with Gasteiger partial charge in [-0.1, -0.05) is 54.6 Å². The van der Waals surface area contributed by atoms with E-state index in [-0.39, 0.29) is 6.85 Å². The molecule has 6 aromatic carbocycles. The molecule has 0 spiro atoms. The maximum Gasteiger partial charge on any atom is 0.333 e. The highest BCUT2D eigenvalue weighted by atomic mass is 32.2. The third-order valence-corrected chi connectivity index (χ3v) is 11.5. The monoisotopic (exact) mass is 598 g/mol. The Hall–Kier alpha value is -4.52. The van der Waals surface area contributed by atoms with Crippen LogP contribution in [0.25, 0.3) is 82.4 Å². The number of hydrogen-bond donors (Lipinski definition) is 0. The van der Waals surface area contributed by atoms with Gasteiger partial charge in [-0.3, -0.25) is 0 Å². The number of rotatable bonds is 2. The summed E-state index contributed by atoms with van der Waals surface area (Å²) >= 11 is 3.64. The van der Waals surface area contributed by atoms with Crippen molar-refractivity contribution in [3.63, 3.8) is 0 Å². The fraction of sp³-hybridized carbons (Fsp3) is 0.0526. The maximum absolute atomic E-state index is 6.68. The van der Waals surface area contributed by atoms with Crippen molar-refractivity contribution in [3.8, 4) is 16.8 Å². The summed E-state index contributed by atoms with van der Waals surface area (Å²) in [6.07, 6.45) is 4.36. The molecule has 44 heavy (non-hydrogen) atoms. The molecule has 2 aliphatic rings. The van der Waals surface area contributed by atoms with Crippen molar-refractivity contribution in [1.29, 1.82) is 0 Å². The van der Waals surface area contributed by atoms with Crippen molar-refractivity contribution in [1.82, 2.24) is 9.05 Å². The zero-order chi connectivity index (χ0) is 28.8. The van der Waals surface area contributed by atoms with Gasteiger partial charge in [0, 0.05) is 70.5 Å². The molecular formula is C38H23BN2OS2. The van der Waals surface area contributed by atoms with Crippen LogP contribution >= 0.6 is 23.5 Å². The lowest BCUT2D eigenvalue weighted by molar-refractivity contribution is 0.669. The Morgan fingerprint density at radius 2 is 1.41 bits per heavy atom. The van der Waals surface area contributed by atoms with E-state index in [9.17, 15) is 0 Å². The highest BCUT2D eigenvalue weighted by Gasteiger charge is 2.43. The van der Waals surface area contributed by atoms with E-state index in [2.05, 4.69) is 125 Å². The number of benzene rings is 6. The van der Waals surface area contributed by atoms with Crippen LogP contribution in [0.5, 0.6) is 0 Å². The Morgan fingerprint density at radius 3 is 2.30 bits per heavy atom. The first kappa shape index (κ1) is 23.9. The van der Waals surface area contributed by atoms with Gasteiger partial charge in [-0.15, -0.1) is 23.5 Å². The second-order valence-electron chi connectivity index (χ2n) is 12.0. The molecule has 0 bridgehead atoms. The summed E-state index contributed by atoms with van der Waals surface area (Å²) in [6.45, 7) is 0.0294. The van der Waals surface area contributed by atoms with Crippen molar-refractivity contribution < 1.29 is 4.42 Å². The Balaban J connectivity index is 1.46. The summed E-state index contributed by atoms with van der Waals surface area (Å²) in [7, 11) is 0. The molecule has 0 saturated heterocycles. The highest BCUT2D eigenvalue weighted by Crippen LogP contribution is 2.47. The van der Waals surface area contributed by atoms with Gasteiger partial charge in [0.15, 0.2) is 0 Å². The summed E-state index contributed by atoms with van der Waals surface area (Å²) in [4.78, 5) is 2.58. The Morgan fingerprint density at radius 1 is 0.614 bits per heavy atom. The summed E-state index contributed by atoms with van der Waals surface area (Å²) < 4.78 is 11.9. The number of furan rings is 1. The van der Waals surface area contributed by atoms with Gasteiger partial charge >= 0.3 is 6.85 Å². The third kappa shape index (κ3) is 2.68. The quantitative estimate of drug-likeness (QED) is 0.146. The summed E-state index contributed by atoms with van der Waals surface area (Å²) in [5, 5.41) is 7.64. The smallest absolute Gasteiger partial charge is 0.333 e.